The summed E-state index contributed by atoms with van der Waals surface area (Å²) < 4.78 is 0. The monoisotopic (exact) mass is 244 g/mol. The molecule has 0 saturated carbocycles. The van der Waals surface area contributed by atoms with Gasteiger partial charge in [0.05, 0.1) is 0 Å². The molecule has 0 aromatic rings. The maximum atomic E-state index is 4.29. The zero-order valence-electron chi connectivity index (χ0n) is 11.4. The molecule has 0 bridgehead atoms. The fourth-order valence-corrected chi connectivity index (χ4v) is 1.43. The van der Waals surface area contributed by atoms with Gasteiger partial charge >= 0.3 is 0 Å². The van der Waals surface area contributed by atoms with Crippen molar-refractivity contribution in [1.29, 1.82) is 0 Å². The van der Waals surface area contributed by atoms with Crippen LogP contribution in [0.2, 0.25) is 0 Å². The van der Waals surface area contributed by atoms with Crippen molar-refractivity contribution in [2.75, 3.05) is 0 Å². The minimum Gasteiger partial charge on any atom is -0.364 e. The number of hydrogen-bond donors (Lipinski definition) is 2. The third-order valence-corrected chi connectivity index (χ3v) is 2.18. The fourth-order valence-electron chi connectivity index (χ4n) is 1.43. The molecule has 0 saturated heterocycles. The van der Waals surface area contributed by atoms with E-state index in [0.717, 1.165) is 22.8 Å². The van der Waals surface area contributed by atoms with Crippen molar-refractivity contribution in [3.63, 3.8) is 0 Å². The third-order valence-electron chi connectivity index (χ3n) is 2.18. The number of allylic oxidation sites excluding steroid dienone is 4. The number of rotatable bonds is 0. The summed E-state index contributed by atoms with van der Waals surface area (Å²) in [6, 6.07) is 0. The van der Waals surface area contributed by atoms with E-state index >= 15 is 0 Å². The number of nitrogens with one attached hydrogen (secondary N) is 2. The molecular weight excluding hydrogens is 224 g/mol. The summed E-state index contributed by atoms with van der Waals surface area (Å²) in [4.78, 5) is 8.58. The second kappa shape index (κ2) is 7.27. The second-order valence-corrected chi connectivity index (χ2v) is 4.12. The van der Waals surface area contributed by atoms with Gasteiger partial charge in [-0.2, -0.15) is 0 Å². The van der Waals surface area contributed by atoms with Gasteiger partial charge < -0.3 is 10.6 Å². The summed E-state index contributed by atoms with van der Waals surface area (Å²) >= 11 is 0. The van der Waals surface area contributed by atoms with Gasteiger partial charge in [-0.15, -0.1) is 0 Å². The van der Waals surface area contributed by atoms with Gasteiger partial charge in [0.1, 0.15) is 0 Å². The van der Waals surface area contributed by atoms with E-state index in [-0.39, 0.29) is 0 Å². The van der Waals surface area contributed by atoms with Gasteiger partial charge in [0.25, 0.3) is 0 Å². The van der Waals surface area contributed by atoms with Crippen LogP contribution in [-0.4, -0.2) is 11.4 Å². The van der Waals surface area contributed by atoms with Crippen molar-refractivity contribution in [3.8, 4) is 0 Å². The molecule has 18 heavy (non-hydrogen) atoms. The minimum atomic E-state index is 0.935. The molecule has 0 unspecified atom stereocenters. The highest BCUT2D eigenvalue weighted by atomic mass is 14.9. The third kappa shape index (κ3) is 5.84. The van der Waals surface area contributed by atoms with Gasteiger partial charge in [-0.3, -0.25) is 9.98 Å². The first-order chi connectivity index (χ1) is 8.58. The summed E-state index contributed by atoms with van der Waals surface area (Å²) in [5.74, 6) is 0. The molecule has 96 valence electrons. The zero-order chi connectivity index (χ0) is 13.4. The molecule has 4 heteroatoms. The summed E-state index contributed by atoms with van der Waals surface area (Å²) in [5, 5.41) is 6.26. The topological polar surface area (TPSA) is 48.8 Å². The molecule has 0 aromatic heterocycles. The average molecular weight is 244 g/mol. The van der Waals surface area contributed by atoms with Crippen LogP contribution in [0.15, 0.2) is 58.3 Å². The van der Waals surface area contributed by atoms with E-state index in [0.29, 0.717) is 0 Å². The predicted octanol–water partition coefficient (Wildman–Crippen LogP) is 2.85. The molecular formula is C14H20N4. The highest BCUT2D eigenvalue weighted by Gasteiger charge is 1.89. The molecule has 0 radical (unpaired) electrons. The zero-order valence-corrected chi connectivity index (χ0v) is 11.4. The number of hydrogen-bond acceptors (Lipinski definition) is 4. The maximum Gasteiger partial charge on any atom is 0.0431 e. The molecule has 1 rings (SSSR count). The predicted molar refractivity (Wildman–Crippen MR) is 78.3 cm³/mol. The van der Waals surface area contributed by atoms with Gasteiger partial charge in [-0.1, -0.05) is 0 Å². The van der Waals surface area contributed by atoms with Crippen molar-refractivity contribution < 1.29 is 0 Å². The molecule has 0 atom stereocenters. The number of nitrogens with zero attached hydrogens (tertiary/aromatic N) is 2. The summed E-state index contributed by atoms with van der Waals surface area (Å²) in [5.41, 5.74) is 3.91. The van der Waals surface area contributed by atoms with Crippen LogP contribution < -0.4 is 10.6 Å². The average Bonchev–Trinajstić information content (AvgIpc) is 2.29. The summed E-state index contributed by atoms with van der Waals surface area (Å²) in [7, 11) is 0. The Morgan fingerprint density at radius 3 is 1.50 bits per heavy atom. The van der Waals surface area contributed by atoms with Crippen LogP contribution in [0.5, 0.6) is 0 Å². The lowest BCUT2D eigenvalue weighted by molar-refractivity contribution is 1.05. The van der Waals surface area contributed by atoms with E-state index in [1.165, 1.54) is 0 Å². The van der Waals surface area contributed by atoms with Gasteiger partial charge in [0.2, 0.25) is 0 Å². The fraction of sp³-hybridized carbons (Fsp3) is 0.286. The lowest BCUT2D eigenvalue weighted by atomic mass is 10.3. The molecule has 2 N–H and O–H groups in total. The Labute approximate surface area is 109 Å². The van der Waals surface area contributed by atoms with Crippen LogP contribution in [0.1, 0.15) is 27.7 Å². The van der Waals surface area contributed by atoms with Crippen LogP contribution in [0.4, 0.5) is 0 Å². The Morgan fingerprint density at radius 2 is 1.11 bits per heavy atom. The van der Waals surface area contributed by atoms with Crippen molar-refractivity contribution >= 4 is 11.4 Å². The van der Waals surface area contributed by atoms with Crippen molar-refractivity contribution in [2.45, 2.75) is 27.7 Å². The lowest BCUT2D eigenvalue weighted by Crippen LogP contribution is -2.05. The highest BCUT2D eigenvalue weighted by molar-refractivity contribution is 5.94. The molecule has 1 heterocycles. The standard InChI is InChI=1S/C14H20N4/c1-11-9-12(2)16-7-8-18-14(4)10-13(3)17-6-5-15-11/h5-10,15,18H,1-4H3. The van der Waals surface area contributed by atoms with Crippen LogP contribution >= 0.6 is 0 Å². The smallest absolute Gasteiger partial charge is 0.0431 e. The molecule has 0 aliphatic carbocycles. The minimum absolute atomic E-state index is 0.935. The van der Waals surface area contributed by atoms with E-state index < -0.39 is 0 Å². The summed E-state index contributed by atoms with van der Waals surface area (Å²) in [6.45, 7) is 7.88. The van der Waals surface area contributed by atoms with Crippen LogP contribution in [0.3, 0.4) is 0 Å². The Balaban J connectivity index is 2.95. The SMILES string of the molecule is CC1=CC(C)=NC=CNC(C)=CC(C)=NC=CN1. The maximum absolute atomic E-state index is 4.29. The summed E-state index contributed by atoms with van der Waals surface area (Å²) in [6.07, 6.45) is 11.0. The van der Waals surface area contributed by atoms with Gasteiger partial charge in [-0.05, 0) is 39.8 Å². The Morgan fingerprint density at radius 1 is 0.722 bits per heavy atom. The van der Waals surface area contributed by atoms with Crippen LogP contribution in [0.25, 0.3) is 0 Å². The molecule has 1 aliphatic rings. The van der Waals surface area contributed by atoms with Crippen molar-refractivity contribution in [1.82, 2.24) is 10.6 Å². The first-order valence-corrected chi connectivity index (χ1v) is 5.86. The molecule has 0 fully saturated rings. The van der Waals surface area contributed by atoms with Crippen LogP contribution in [-0.2, 0) is 0 Å². The quantitative estimate of drug-likeness (QED) is 0.688. The first-order valence-electron chi connectivity index (χ1n) is 5.86. The van der Waals surface area contributed by atoms with E-state index in [4.69, 9.17) is 0 Å². The van der Waals surface area contributed by atoms with E-state index in [2.05, 4.69) is 20.6 Å². The lowest BCUT2D eigenvalue weighted by Gasteiger charge is -2.02. The Bertz CT molecular complexity index is 418. The van der Waals surface area contributed by atoms with Gasteiger partial charge in [-0.25, -0.2) is 0 Å². The van der Waals surface area contributed by atoms with Gasteiger partial charge in [0.15, 0.2) is 0 Å². The van der Waals surface area contributed by atoms with E-state index in [1.807, 2.05) is 39.8 Å². The Hall–Kier alpha value is -2.10. The van der Waals surface area contributed by atoms with Crippen LogP contribution in [0, 0.1) is 0 Å². The van der Waals surface area contributed by atoms with Gasteiger partial charge in [0, 0.05) is 47.6 Å². The molecule has 0 aromatic carbocycles. The second-order valence-electron chi connectivity index (χ2n) is 4.12. The molecule has 0 amide bonds. The first kappa shape index (κ1) is 14.0. The number of aliphatic imine (C=N–C) groups is 2. The normalized spacial score (nSPS) is 17.6. The van der Waals surface area contributed by atoms with E-state index in [1.54, 1.807) is 24.8 Å². The highest BCUT2D eigenvalue weighted by Crippen LogP contribution is 1.94. The Kier molecular flexibility index (Phi) is 5.64. The molecule has 0 spiro atoms. The molecule has 1 aliphatic heterocycles. The molecule has 4 nitrogen and oxygen atoms in total. The largest absolute Gasteiger partial charge is 0.364 e. The van der Waals surface area contributed by atoms with Crippen molar-refractivity contribution in [2.24, 2.45) is 9.98 Å². The van der Waals surface area contributed by atoms with Crippen molar-refractivity contribution in [3.05, 3.63) is 48.3 Å². The van der Waals surface area contributed by atoms with E-state index in [9.17, 15) is 0 Å².